The van der Waals surface area contributed by atoms with E-state index in [0.717, 1.165) is 43.2 Å². The number of halogens is 1. The van der Waals surface area contributed by atoms with Gasteiger partial charge in [-0.3, -0.25) is 4.79 Å². The van der Waals surface area contributed by atoms with Gasteiger partial charge in [0, 0.05) is 29.9 Å². The Morgan fingerprint density at radius 2 is 1.96 bits per heavy atom. The minimum atomic E-state index is -0.248. The standard InChI is InChI=1S/C19H23ClN4O/c1-12-7-9-24(10-8-12)18-11-17(21-14(3)22-18)19(25)23-16-6-4-5-15(20)13(16)2/h4-6,11-12H,7-10H2,1-3H3,(H,23,25). The molecule has 1 aliphatic rings. The number of carbonyl (C=O) groups is 1. The van der Waals surface area contributed by atoms with Crippen LogP contribution in [0.1, 0.15) is 41.6 Å². The molecule has 2 aromatic rings. The molecule has 0 atom stereocenters. The van der Waals surface area contributed by atoms with E-state index in [0.29, 0.717) is 22.2 Å². The molecule has 1 saturated heterocycles. The maximum atomic E-state index is 12.7. The van der Waals surface area contributed by atoms with Crippen molar-refractivity contribution < 1.29 is 4.79 Å². The molecule has 0 aliphatic carbocycles. The lowest BCUT2D eigenvalue weighted by Gasteiger charge is -2.31. The fourth-order valence-electron chi connectivity index (χ4n) is 3.00. The van der Waals surface area contributed by atoms with Crippen molar-refractivity contribution in [2.24, 2.45) is 5.92 Å². The molecule has 1 aromatic carbocycles. The number of carbonyl (C=O) groups excluding carboxylic acids is 1. The largest absolute Gasteiger partial charge is 0.356 e. The van der Waals surface area contributed by atoms with Crippen molar-refractivity contribution in [1.29, 1.82) is 0 Å². The Kier molecular flexibility index (Phi) is 5.23. The minimum Gasteiger partial charge on any atom is -0.356 e. The van der Waals surface area contributed by atoms with Gasteiger partial charge in [-0.25, -0.2) is 9.97 Å². The highest BCUT2D eigenvalue weighted by Crippen LogP contribution is 2.25. The summed E-state index contributed by atoms with van der Waals surface area (Å²) in [5.74, 6) is 1.92. The second-order valence-corrected chi connectivity index (χ2v) is 7.10. The summed E-state index contributed by atoms with van der Waals surface area (Å²) in [5.41, 5.74) is 1.91. The van der Waals surface area contributed by atoms with Crippen LogP contribution in [0.4, 0.5) is 11.5 Å². The highest BCUT2D eigenvalue weighted by atomic mass is 35.5. The van der Waals surface area contributed by atoms with Crippen LogP contribution >= 0.6 is 11.6 Å². The summed E-state index contributed by atoms with van der Waals surface area (Å²) in [5, 5.41) is 3.52. The van der Waals surface area contributed by atoms with Crippen LogP contribution in [-0.4, -0.2) is 29.0 Å². The van der Waals surface area contributed by atoms with E-state index in [2.05, 4.69) is 27.1 Å². The third kappa shape index (κ3) is 4.10. The average Bonchev–Trinajstić information content (AvgIpc) is 2.59. The van der Waals surface area contributed by atoms with E-state index >= 15 is 0 Å². The Hall–Kier alpha value is -2.14. The highest BCUT2D eigenvalue weighted by molar-refractivity contribution is 6.31. The minimum absolute atomic E-state index is 0.248. The average molecular weight is 359 g/mol. The number of piperidine rings is 1. The van der Waals surface area contributed by atoms with E-state index in [4.69, 9.17) is 11.6 Å². The van der Waals surface area contributed by atoms with Crippen LogP contribution in [0, 0.1) is 19.8 Å². The lowest BCUT2D eigenvalue weighted by atomic mass is 9.99. The summed E-state index contributed by atoms with van der Waals surface area (Å²) in [6.45, 7) is 7.90. The number of nitrogens with zero attached hydrogens (tertiary/aromatic N) is 3. The zero-order valence-corrected chi connectivity index (χ0v) is 15.6. The van der Waals surface area contributed by atoms with Crippen LogP contribution < -0.4 is 10.2 Å². The Labute approximate surface area is 153 Å². The van der Waals surface area contributed by atoms with Crippen molar-refractivity contribution in [3.63, 3.8) is 0 Å². The van der Waals surface area contributed by atoms with Crippen molar-refractivity contribution in [3.05, 3.63) is 46.4 Å². The Morgan fingerprint density at radius 3 is 2.68 bits per heavy atom. The molecule has 2 heterocycles. The van der Waals surface area contributed by atoms with Gasteiger partial charge in [0.15, 0.2) is 0 Å². The monoisotopic (exact) mass is 358 g/mol. The molecule has 0 spiro atoms. The van der Waals surface area contributed by atoms with Crippen LogP contribution in [-0.2, 0) is 0 Å². The SMILES string of the molecule is Cc1nc(C(=O)Nc2cccc(Cl)c2C)cc(N2CCC(C)CC2)n1. The molecule has 6 heteroatoms. The topological polar surface area (TPSA) is 58.1 Å². The number of aromatic nitrogens is 2. The first kappa shape index (κ1) is 17.7. The summed E-state index contributed by atoms with van der Waals surface area (Å²) >= 11 is 6.12. The molecule has 0 radical (unpaired) electrons. The van der Waals surface area contributed by atoms with Gasteiger partial charge in [0.1, 0.15) is 17.3 Å². The molecule has 1 N–H and O–H groups in total. The van der Waals surface area contributed by atoms with Crippen molar-refractivity contribution in [2.45, 2.75) is 33.6 Å². The van der Waals surface area contributed by atoms with Gasteiger partial charge in [0.25, 0.3) is 5.91 Å². The molecule has 1 aliphatic heterocycles. The van der Waals surface area contributed by atoms with Gasteiger partial charge in [0.05, 0.1) is 0 Å². The zero-order valence-electron chi connectivity index (χ0n) is 14.8. The number of amides is 1. The van der Waals surface area contributed by atoms with Crippen molar-refractivity contribution in [2.75, 3.05) is 23.3 Å². The van der Waals surface area contributed by atoms with Crippen LogP contribution in [0.25, 0.3) is 0 Å². The van der Waals surface area contributed by atoms with Gasteiger partial charge in [-0.15, -0.1) is 0 Å². The predicted molar refractivity (Wildman–Crippen MR) is 102 cm³/mol. The smallest absolute Gasteiger partial charge is 0.274 e. The van der Waals surface area contributed by atoms with E-state index in [9.17, 15) is 4.79 Å². The van der Waals surface area contributed by atoms with Gasteiger partial charge >= 0.3 is 0 Å². The summed E-state index contributed by atoms with van der Waals surface area (Å²) in [6.07, 6.45) is 2.29. The van der Waals surface area contributed by atoms with Gasteiger partial charge in [0.2, 0.25) is 0 Å². The van der Waals surface area contributed by atoms with Gasteiger partial charge in [-0.05, 0) is 50.3 Å². The fraction of sp³-hybridized carbons (Fsp3) is 0.421. The van der Waals surface area contributed by atoms with Crippen LogP contribution in [0.5, 0.6) is 0 Å². The lowest BCUT2D eigenvalue weighted by Crippen LogP contribution is -2.34. The number of rotatable bonds is 3. The molecular formula is C19H23ClN4O. The number of benzene rings is 1. The zero-order chi connectivity index (χ0) is 18.0. The molecule has 0 bridgehead atoms. The Balaban J connectivity index is 1.82. The second-order valence-electron chi connectivity index (χ2n) is 6.69. The van der Waals surface area contributed by atoms with E-state index in [1.54, 1.807) is 12.1 Å². The first-order chi connectivity index (χ1) is 11.9. The number of hydrogen-bond acceptors (Lipinski definition) is 4. The van der Waals surface area contributed by atoms with Crippen molar-refractivity contribution in [3.8, 4) is 0 Å². The number of hydrogen-bond donors (Lipinski definition) is 1. The van der Waals surface area contributed by atoms with Gasteiger partial charge in [-0.2, -0.15) is 0 Å². The van der Waals surface area contributed by atoms with E-state index < -0.39 is 0 Å². The maximum Gasteiger partial charge on any atom is 0.274 e. The molecular weight excluding hydrogens is 336 g/mol. The molecule has 0 saturated carbocycles. The molecule has 3 rings (SSSR count). The third-order valence-electron chi connectivity index (χ3n) is 4.68. The maximum absolute atomic E-state index is 12.7. The van der Waals surface area contributed by atoms with Crippen molar-refractivity contribution >= 4 is 29.0 Å². The first-order valence-corrected chi connectivity index (χ1v) is 8.99. The Morgan fingerprint density at radius 1 is 1.24 bits per heavy atom. The van der Waals surface area contributed by atoms with Gasteiger partial charge < -0.3 is 10.2 Å². The number of anilines is 2. The normalized spacial score (nSPS) is 15.3. The molecule has 25 heavy (non-hydrogen) atoms. The molecule has 1 aromatic heterocycles. The van der Waals surface area contributed by atoms with E-state index in [1.807, 2.05) is 26.0 Å². The molecule has 1 fully saturated rings. The van der Waals surface area contributed by atoms with Crippen molar-refractivity contribution in [1.82, 2.24) is 9.97 Å². The second kappa shape index (κ2) is 7.40. The van der Waals surface area contributed by atoms with Crippen LogP contribution in [0.15, 0.2) is 24.3 Å². The molecule has 0 unspecified atom stereocenters. The third-order valence-corrected chi connectivity index (χ3v) is 5.09. The number of nitrogens with one attached hydrogen (secondary N) is 1. The van der Waals surface area contributed by atoms with Gasteiger partial charge in [-0.1, -0.05) is 24.6 Å². The quantitative estimate of drug-likeness (QED) is 0.891. The number of aryl methyl sites for hydroxylation is 1. The predicted octanol–water partition coefficient (Wildman–Crippen LogP) is 4.24. The highest BCUT2D eigenvalue weighted by Gasteiger charge is 2.19. The summed E-state index contributed by atoms with van der Waals surface area (Å²) in [4.78, 5) is 23.7. The van der Waals surface area contributed by atoms with E-state index in [1.165, 1.54) is 0 Å². The summed E-state index contributed by atoms with van der Waals surface area (Å²) < 4.78 is 0. The molecule has 1 amide bonds. The molecule has 5 nitrogen and oxygen atoms in total. The van der Waals surface area contributed by atoms with E-state index in [-0.39, 0.29) is 5.91 Å². The summed E-state index contributed by atoms with van der Waals surface area (Å²) in [7, 11) is 0. The van der Waals surface area contributed by atoms with Crippen LogP contribution in [0.2, 0.25) is 5.02 Å². The first-order valence-electron chi connectivity index (χ1n) is 8.61. The Bertz CT molecular complexity index is 785. The molecule has 132 valence electrons. The summed E-state index contributed by atoms with van der Waals surface area (Å²) in [6, 6.07) is 7.23. The van der Waals surface area contributed by atoms with Crippen LogP contribution in [0.3, 0.4) is 0 Å². The fourth-order valence-corrected chi connectivity index (χ4v) is 3.17. The lowest BCUT2D eigenvalue weighted by molar-refractivity contribution is 0.102.